The molecular weight excluding hydrogens is 298 g/mol. The highest BCUT2D eigenvalue weighted by Gasteiger charge is 2.17. The van der Waals surface area contributed by atoms with Gasteiger partial charge in [0, 0.05) is 18.7 Å². The van der Waals surface area contributed by atoms with E-state index in [0.717, 1.165) is 42.6 Å². The van der Waals surface area contributed by atoms with Crippen LogP contribution in [0.1, 0.15) is 29.6 Å². The van der Waals surface area contributed by atoms with E-state index < -0.39 is 0 Å². The van der Waals surface area contributed by atoms with Crippen molar-refractivity contribution in [1.82, 2.24) is 4.90 Å². The van der Waals surface area contributed by atoms with Crippen LogP contribution in [0.15, 0.2) is 42.5 Å². The van der Waals surface area contributed by atoms with Gasteiger partial charge in [0.15, 0.2) is 0 Å². The van der Waals surface area contributed by atoms with Crippen molar-refractivity contribution in [2.24, 2.45) is 0 Å². The van der Waals surface area contributed by atoms with Gasteiger partial charge < -0.3 is 10.0 Å². The predicted molar refractivity (Wildman–Crippen MR) is 88.3 cm³/mol. The van der Waals surface area contributed by atoms with E-state index in [0.29, 0.717) is 5.02 Å². The fraction of sp³-hybridized carbons (Fsp3) is 0.278. The normalized spacial score (nSPS) is 14.9. The number of benzene rings is 2. The second kappa shape index (κ2) is 6.41. The maximum Gasteiger partial charge on any atom is 0.253 e. The van der Waals surface area contributed by atoms with Crippen molar-refractivity contribution in [1.29, 1.82) is 0 Å². The van der Waals surface area contributed by atoms with E-state index in [-0.39, 0.29) is 11.7 Å². The van der Waals surface area contributed by atoms with Crippen LogP contribution in [0.4, 0.5) is 0 Å². The average molecular weight is 316 g/mol. The number of nitrogens with zero attached hydrogens (tertiary/aromatic N) is 1. The van der Waals surface area contributed by atoms with Crippen molar-refractivity contribution in [3.05, 3.63) is 53.1 Å². The molecule has 1 fully saturated rings. The molecule has 1 aliphatic rings. The smallest absolute Gasteiger partial charge is 0.253 e. The maximum absolute atomic E-state index is 12.4. The molecule has 0 aromatic heterocycles. The second-order valence-corrected chi connectivity index (χ2v) is 6.00. The second-order valence-electron chi connectivity index (χ2n) is 5.60. The number of carbonyl (C=O) groups excluding carboxylic acids is 1. The van der Waals surface area contributed by atoms with Gasteiger partial charge in [0.2, 0.25) is 0 Å². The Morgan fingerprint density at radius 2 is 1.59 bits per heavy atom. The number of rotatable bonds is 2. The first-order valence-corrected chi connectivity index (χ1v) is 7.91. The average Bonchev–Trinajstić information content (AvgIpc) is 2.58. The molecule has 1 saturated heterocycles. The molecule has 0 atom stereocenters. The Morgan fingerprint density at radius 1 is 0.955 bits per heavy atom. The Labute approximate surface area is 135 Å². The van der Waals surface area contributed by atoms with Crippen LogP contribution in [-0.4, -0.2) is 29.0 Å². The van der Waals surface area contributed by atoms with Crippen LogP contribution in [0.2, 0.25) is 5.02 Å². The quantitative estimate of drug-likeness (QED) is 0.895. The highest BCUT2D eigenvalue weighted by molar-refractivity contribution is 6.32. The van der Waals surface area contributed by atoms with Gasteiger partial charge in [-0.3, -0.25) is 4.79 Å². The van der Waals surface area contributed by atoms with Gasteiger partial charge in [-0.15, -0.1) is 0 Å². The fourth-order valence-electron chi connectivity index (χ4n) is 2.77. The van der Waals surface area contributed by atoms with Gasteiger partial charge in [-0.25, -0.2) is 0 Å². The number of hydrogen-bond acceptors (Lipinski definition) is 2. The molecule has 114 valence electrons. The molecule has 1 amide bonds. The molecule has 22 heavy (non-hydrogen) atoms. The minimum absolute atomic E-state index is 0.0716. The van der Waals surface area contributed by atoms with Crippen molar-refractivity contribution in [2.45, 2.75) is 19.3 Å². The molecule has 2 aromatic carbocycles. The predicted octanol–water partition coefficient (Wildman–Crippen LogP) is 4.34. The summed E-state index contributed by atoms with van der Waals surface area (Å²) in [7, 11) is 0. The summed E-state index contributed by atoms with van der Waals surface area (Å²) < 4.78 is 0. The van der Waals surface area contributed by atoms with Gasteiger partial charge >= 0.3 is 0 Å². The van der Waals surface area contributed by atoms with Gasteiger partial charge in [-0.2, -0.15) is 0 Å². The number of carbonyl (C=O) groups is 1. The number of halogens is 1. The highest BCUT2D eigenvalue weighted by Crippen LogP contribution is 2.29. The van der Waals surface area contributed by atoms with E-state index in [1.54, 1.807) is 12.1 Å². The summed E-state index contributed by atoms with van der Waals surface area (Å²) >= 11 is 5.94. The van der Waals surface area contributed by atoms with Crippen LogP contribution >= 0.6 is 11.6 Å². The molecule has 0 bridgehead atoms. The molecule has 3 rings (SSSR count). The molecule has 0 aliphatic carbocycles. The van der Waals surface area contributed by atoms with E-state index in [9.17, 15) is 9.90 Å². The topological polar surface area (TPSA) is 40.5 Å². The zero-order chi connectivity index (χ0) is 15.5. The molecule has 2 aromatic rings. The number of amides is 1. The monoisotopic (exact) mass is 315 g/mol. The first-order valence-electron chi connectivity index (χ1n) is 7.53. The summed E-state index contributed by atoms with van der Waals surface area (Å²) in [5.41, 5.74) is 2.60. The van der Waals surface area contributed by atoms with Gasteiger partial charge in [0.05, 0.1) is 5.02 Å². The van der Waals surface area contributed by atoms with Crippen molar-refractivity contribution >= 4 is 17.5 Å². The lowest BCUT2D eigenvalue weighted by Crippen LogP contribution is -2.35. The van der Waals surface area contributed by atoms with Crippen molar-refractivity contribution < 1.29 is 9.90 Å². The zero-order valence-electron chi connectivity index (χ0n) is 12.3. The van der Waals surface area contributed by atoms with Crippen LogP contribution in [0.25, 0.3) is 11.1 Å². The zero-order valence-corrected chi connectivity index (χ0v) is 13.0. The molecule has 4 heteroatoms. The molecular formula is C18H18ClNO2. The largest absolute Gasteiger partial charge is 0.506 e. The number of phenolic OH excluding ortho intramolecular Hbond substituents is 1. The van der Waals surface area contributed by atoms with Crippen LogP contribution < -0.4 is 0 Å². The van der Waals surface area contributed by atoms with Crippen LogP contribution in [-0.2, 0) is 0 Å². The summed E-state index contributed by atoms with van der Waals surface area (Å²) in [4.78, 5) is 14.3. The molecule has 1 aliphatic heterocycles. The van der Waals surface area contributed by atoms with Gasteiger partial charge in [0.25, 0.3) is 5.91 Å². The Kier molecular flexibility index (Phi) is 4.34. The third-order valence-electron chi connectivity index (χ3n) is 4.06. The summed E-state index contributed by atoms with van der Waals surface area (Å²) in [5, 5.41) is 9.79. The van der Waals surface area contributed by atoms with E-state index >= 15 is 0 Å². The van der Waals surface area contributed by atoms with E-state index in [4.69, 9.17) is 11.6 Å². The summed E-state index contributed by atoms with van der Waals surface area (Å²) in [6, 6.07) is 12.6. The minimum Gasteiger partial charge on any atom is -0.506 e. The number of hydrogen-bond donors (Lipinski definition) is 1. The fourth-order valence-corrected chi connectivity index (χ4v) is 2.95. The van der Waals surface area contributed by atoms with Gasteiger partial charge in [-0.1, -0.05) is 29.8 Å². The molecule has 0 spiro atoms. The Hall–Kier alpha value is -2.00. The lowest BCUT2D eigenvalue weighted by molar-refractivity contribution is 0.0724. The number of phenols is 1. The van der Waals surface area contributed by atoms with Crippen molar-refractivity contribution in [3.8, 4) is 16.9 Å². The standard InChI is InChI=1S/C18H18ClNO2/c19-16-12-15(8-9-17(16)21)13-4-6-14(7-5-13)18(22)20-10-2-1-3-11-20/h4-9,12,21H,1-3,10-11H2. The van der Waals surface area contributed by atoms with E-state index in [1.807, 2.05) is 35.2 Å². The van der Waals surface area contributed by atoms with E-state index in [1.165, 1.54) is 6.42 Å². The summed E-state index contributed by atoms with van der Waals surface area (Å²) in [6.45, 7) is 1.71. The molecule has 1 heterocycles. The Morgan fingerprint density at radius 3 is 2.23 bits per heavy atom. The minimum atomic E-state index is 0.0716. The van der Waals surface area contributed by atoms with Crippen LogP contribution in [0.3, 0.4) is 0 Å². The molecule has 0 unspecified atom stereocenters. The lowest BCUT2D eigenvalue weighted by atomic mass is 10.0. The van der Waals surface area contributed by atoms with Crippen molar-refractivity contribution in [2.75, 3.05) is 13.1 Å². The number of aromatic hydroxyl groups is 1. The Bertz CT molecular complexity index is 676. The van der Waals surface area contributed by atoms with Crippen LogP contribution in [0, 0.1) is 0 Å². The van der Waals surface area contributed by atoms with Crippen molar-refractivity contribution in [3.63, 3.8) is 0 Å². The lowest BCUT2D eigenvalue weighted by Gasteiger charge is -2.26. The molecule has 0 radical (unpaired) electrons. The first-order chi connectivity index (χ1) is 10.6. The third-order valence-corrected chi connectivity index (χ3v) is 4.36. The molecule has 1 N–H and O–H groups in total. The highest BCUT2D eigenvalue weighted by atomic mass is 35.5. The Balaban J connectivity index is 1.79. The SMILES string of the molecule is O=C(c1ccc(-c2ccc(O)c(Cl)c2)cc1)N1CCCCC1. The van der Waals surface area contributed by atoms with Gasteiger partial charge in [0.1, 0.15) is 5.75 Å². The number of piperidine rings is 1. The summed E-state index contributed by atoms with van der Waals surface area (Å²) in [6.07, 6.45) is 3.40. The molecule has 3 nitrogen and oxygen atoms in total. The van der Waals surface area contributed by atoms with Crippen LogP contribution in [0.5, 0.6) is 5.75 Å². The van der Waals surface area contributed by atoms with E-state index in [2.05, 4.69) is 0 Å². The number of likely N-dealkylation sites (tertiary alicyclic amines) is 1. The van der Waals surface area contributed by atoms with Gasteiger partial charge in [-0.05, 0) is 54.7 Å². The summed E-state index contributed by atoms with van der Waals surface area (Å²) in [5.74, 6) is 0.178. The first kappa shape index (κ1) is 14.9. The molecule has 0 saturated carbocycles. The third kappa shape index (κ3) is 3.09. The maximum atomic E-state index is 12.4.